The normalized spacial score (nSPS) is 26.7. The van der Waals surface area contributed by atoms with E-state index in [2.05, 4.69) is 20.9 Å². The minimum Gasteiger partial charge on any atom is -0.443 e. The molecule has 0 spiro atoms. The van der Waals surface area contributed by atoms with Crippen molar-refractivity contribution in [1.29, 1.82) is 0 Å². The lowest BCUT2D eigenvalue weighted by atomic mass is 10.1. The molecule has 0 aromatic carbocycles. The van der Waals surface area contributed by atoms with E-state index in [4.69, 9.17) is 25.4 Å². The van der Waals surface area contributed by atoms with Crippen LogP contribution in [0.1, 0.15) is 40.8 Å². The molecule has 1 N–H and O–H groups in total. The van der Waals surface area contributed by atoms with Crippen molar-refractivity contribution in [3.63, 3.8) is 0 Å². The summed E-state index contributed by atoms with van der Waals surface area (Å²) in [5.74, 6) is 1.86. The lowest BCUT2D eigenvalue weighted by molar-refractivity contribution is -0.199. The first kappa shape index (κ1) is 22.4. The molecule has 4 rings (SSSR count). The molecule has 4 atom stereocenters. The average molecular weight is 445 g/mol. The summed E-state index contributed by atoms with van der Waals surface area (Å²) in [5.41, 5.74) is 0.0456. The lowest BCUT2D eigenvalue weighted by Crippen LogP contribution is -2.37. The van der Waals surface area contributed by atoms with Crippen LogP contribution in [0, 0.1) is 12.3 Å². The molecule has 0 saturated carbocycles. The van der Waals surface area contributed by atoms with Crippen molar-refractivity contribution in [1.82, 2.24) is 19.5 Å². The number of ether oxygens (including phenoxy) is 4. The predicted molar refractivity (Wildman–Crippen MR) is 113 cm³/mol. The summed E-state index contributed by atoms with van der Waals surface area (Å²) < 4.78 is 25.1. The van der Waals surface area contributed by atoms with Crippen molar-refractivity contribution >= 4 is 23.1 Å². The number of terminal acetylenes is 1. The van der Waals surface area contributed by atoms with E-state index in [1.165, 1.54) is 17.6 Å². The van der Waals surface area contributed by atoms with Gasteiger partial charge < -0.3 is 24.1 Å². The second kappa shape index (κ2) is 7.97. The van der Waals surface area contributed by atoms with Gasteiger partial charge in [0.2, 0.25) is 0 Å². The number of imidazole rings is 1. The maximum Gasteiger partial charge on any atom is 0.416 e. The van der Waals surface area contributed by atoms with E-state index in [1.807, 2.05) is 13.8 Å². The molecule has 0 radical (unpaired) electrons. The summed E-state index contributed by atoms with van der Waals surface area (Å²) in [6.45, 7) is 8.62. The van der Waals surface area contributed by atoms with Gasteiger partial charge in [-0.25, -0.2) is 24.6 Å². The van der Waals surface area contributed by atoms with Crippen molar-refractivity contribution in [2.24, 2.45) is 0 Å². The zero-order valence-corrected chi connectivity index (χ0v) is 18.7. The van der Waals surface area contributed by atoms with Gasteiger partial charge in [0.1, 0.15) is 30.2 Å². The second-order valence-corrected chi connectivity index (χ2v) is 9.10. The highest BCUT2D eigenvalue weighted by molar-refractivity contribution is 5.95. The molecule has 2 aliphatic rings. The van der Waals surface area contributed by atoms with Crippen molar-refractivity contribution in [2.45, 2.75) is 70.5 Å². The number of carbonyl (C=O) groups excluding carboxylic acids is 1. The fourth-order valence-corrected chi connectivity index (χ4v) is 3.89. The number of anilines is 1. The van der Waals surface area contributed by atoms with Crippen molar-refractivity contribution in [3.05, 3.63) is 12.7 Å². The summed E-state index contributed by atoms with van der Waals surface area (Å²) in [4.78, 5) is 27.0. The summed E-state index contributed by atoms with van der Waals surface area (Å²) in [6.07, 6.45) is 5.56. The highest BCUT2D eigenvalue weighted by Crippen LogP contribution is 2.43. The number of rotatable bonds is 4. The standard InChI is InChI=1S/C21H27N5O6/c1-7-8-25(19(28)32-20(2,3)4)16-13-17(23-10-22-16)26(11-24-13)18-15-14(12(9-27)29-18)30-21(5,6)31-15/h1,10-12,14-15,18,27H,8-9H2,2-6H3/t12-,14?,15?,18-/m0/s1. The number of hydrogen-bond acceptors (Lipinski definition) is 9. The Morgan fingerprint density at radius 2 is 2.03 bits per heavy atom. The summed E-state index contributed by atoms with van der Waals surface area (Å²) >= 11 is 0. The lowest BCUT2D eigenvalue weighted by Gasteiger charge is -2.25. The minimum atomic E-state index is -0.818. The first-order chi connectivity index (χ1) is 15.0. The van der Waals surface area contributed by atoms with Crippen LogP contribution in [0.5, 0.6) is 0 Å². The van der Waals surface area contributed by atoms with Gasteiger partial charge in [0.05, 0.1) is 19.5 Å². The molecule has 0 aliphatic carbocycles. The van der Waals surface area contributed by atoms with E-state index in [0.717, 1.165) is 0 Å². The average Bonchev–Trinajstić information content (AvgIpc) is 3.34. The van der Waals surface area contributed by atoms with Crippen LogP contribution < -0.4 is 4.90 Å². The molecule has 4 heterocycles. The quantitative estimate of drug-likeness (QED) is 0.700. The highest BCUT2D eigenvalue weighted by Gasteiger charge is 2.56. The fourth-order valence-electron chi connectivity index (χ4n) is 3.89. The van der Waals surface area contributed by atoms with Gasteiger partial charge in [0.15, 0.2) is 29.0 Å². The Kier molecular flexibility index (Phi) is 5.58. The van der Waals surface area contributed by atoms with Gasteiger partial charge in [-0.1, -0.05) is 5.92 Å². The van der Waals surface area contributed by atoms with Gasteiger partial charge in [0.25, 0.3) is 0 Å². The molecular weight excluding hydrogens is 418 g/mol. The monoisotopic (exact) mass is 445 g/mol. The van der Waals surface area contributed by atoms with Gasteiger partial charge in [-0.3, -0.25) is 4.57 Å². The second-order valence-electron chi connectivity index (χ2n) is 9.10. The number of fused-ring (bicyclic) bond motifs is 2. The first-order valence-electron chi connectivity index (χ1n) is 10.3. The number of hydrogen-bond donors (Lipinski definition) is 1. The molecule has 2 saturated heterocycles. The van der Waals surface area contributed by atoms with Crippen LogP contribution in [0.3, 0.4) is 0 Å². The van der Waals surface area contributed by atoms with E-state index in [0.29, 0.717) is 11.2 Å². The van der Waals surface area contributed by atoms with Crippen molar-refractivity contribution in [3.8, 4) is 12.3 Å². The van der Waals surface area contributed by atoms with Crippen LogP contribution in [0.2, 0.25) is 0 Å². The third-order valence-electron chi connectivity index (χ3n) is 5.04. The van der Waals surface area contributed by atoms with Gasteiger partial charge >= 0.3 is 6.09 Å². The summed E-state index contributed by atoms with van der Waals surface area (Å²) in [6, 6.07) is 0. The van der Waals surface area contributed by atoms with Gasteiger partial charge in [-0.15, -0.1) is 6.42 Å². The van der Waals surface area contributed by atoms with Crippen molar-refractivity contribution in [2.75, 3.05) is 18.1 Å². The summed E-state index contributed by atoms with van der Waals surface area (Å²) in [5, 5.41) is 9.75. The Morgan fingerprint density at radius 3 is 2.69 bits per heavy atom. The van der Waals surface area contributed by atoms with E-state index in [-0.39, 0.29) is 19.0 Å². The SMILES string of the molecule is C#CCN(C(=O)OC(C)(C)C)c1ncnc2c1ncn2[C@H]1O[C@@H](CO)C2OC(C)(C)OC21. The largest absolute Gasteiger partial charge is 0.443 e. The van der Waals surface area contributed by atoms with Crippen LogP contribution in [0.25, 0.3) is 11.2 Å². The molecule has 172 valence electrons. The zero-order chi connectivity index (χ0) is 23.3. The Balaban J connectivity index is 1.72. The van der Waals surface area contributed by atoms with Crippen LogP contribution >= 0.6 is 0 Å². The molecule has 2 aromatic heterocycles. The Labute approximate surface area is 185 Å². The molecule has 2 aliphatic heterocycles. The topological polar surface area (TPSA) is 121 Å². The Hall–Kier alpha value is -2.78. The summed E-state index contributed by atoms with van der Waals surface area (Å²) in [7, 11) is 0. The molecule has 2 unspecified atom stereocenters. The highest BCUT2D eigenvalue weighted by atomic mass is 16.8. The smallest absolute Gasteiger partial charge is 0.416 e. The Morgan fingerprint density at radius 1 is 1.31 bits per heavy atom. The zero-order valence-electron chi connectivity index (χ0n) is 18.7. The van der Waals surface area contributed by atoms with Crippen LogP contribution in [-0.4, -0.2) is 73.6 Å². The molecule has 0 bridgehead atoms. The number of aliphatic hydroxyl groups is 1. The van der Waals surface area contributed by atoms with Crippen LogP contribution in [0.15, 0.2) is 12.7 Å². The van der Waals surface area contributed by atoms with Gasteiger partial charge in [-0.2, -0.15) is 0 Å². The fraction of sp³-hybridized carbons (Fsp3) is 0.619. The van der Waals surface area contributed by atoms with Gasteiger partial charge in [-0.05, 0) is 34.6 Å². The number of aromatic nitrogens is 4. The van der Waals surface area contributed by atoms with E-state index in [9.17, 15) is 9.90 Å². The van der Waals surface area contributed by atoms with E-state index in [1.54, 1.807) is 25.3 Å². The van der Waals surface area contributed by atoms with Crippen LogP contribution in [-0.2, 0) is 18.9 Å². The molecule has 32 heavy (non-hydrogen) atoms. The Bertz CT molecular complexity index is 1060. The maximum atomic E-state index is 12.8. The third-order valence-corrected chi connectivity index (χ3v) is 5.04. The van der Waals surface area contributed by atoms with Crippen LogP contribution in [0.4, 0.5) is 10.6 Å². The third kappa shape index (κ3) is 4.02. The minimum absolute atomic E-state index is 0.0593. The molecule has 2 aromatic rings. The molecule has 11 heteroatoms. The number of nitrogens with zero attached hydrogens (tertiary/aromatic N) is 5. The number of amides is 1. The molecule has 11 nitrogen and oxygen atoms in total. The predicted octanol–water partition coefficient (Wildman–Crippen LogP) is 1.61. The molecule has 1 amide bonds. The van der Waals surface area contributed by atoms with E-state index < -0.39 is 42.0 Å². The number of aliphatic hydroxyl groups excluding tert-OH is 1. The first-order valence-corrected chi connectivity index (χ1v) is 10.3. The van der Waals surface area contributed by atoms with Gasteiger partial charge in [0, 0.05) is 0 Å². The van der Waals surface area contributed by atoms with Crippen molar-refractivity contribution < 1.29 is 28.8 Å². The van der Waals surface area contributed by atoms with E-state index >= 15 is 0 Å². The maximum absolute atomic E-state index is 12.8. The molecule has 2 fully saturated rings. The number of carbonyl (C=O) groups is 1. The molecular formula is C21H27N5O6.